The first-order valence-electron chi connectivity index (χ1n) is 9.30. The number of benzene rings is 3. The average molecular weight is 438 g/mol. The van der Waals surface area contributed by atoms with Gasteiger partial charge in [-0.1, -0.05) is 77.8 Å². The molecule has 3 aromatic carbocycles. The number of hydrogen-bond donors (Lipinski definition) is 0. The first kappa shape index (κ1) is 20.2. The third-order valence-corrected chi connectivity index (χ3v) is 5.48. The summed E-state index contributed by atoms with van der Waals surface area (Å²) in [5.74, 6) is -0.739. The molecule has 0 aliphatic carbocycles. The van der Waals surface area contributed by atoms with Crippen LogP contribution in [0.5, 0.6) is 0 Å². The molecule has 3 aromatic rings. The number of hydrogen-bond acceptors (Lipinski definition) is 3. The molecule has 0 saturated heterocycles. The van der Waals surface area contributed by atoms with Gasteiger partial charge < -0.3 is 4.74 Å². The molecule has 1 heterocycles. The van der Waals surface area contributed by atoms with Gasteiger partial charge in [0.15, 0.2) is 0 Å². The van der Waals surface area contributed by atoms with Gasteiger partial charge in [-0.3, -0.25) is 14.5 Å². The SMILES string of the molecule is O=C(CN1C(=O)C(=Cc2ccc(Cl)c(Cl)c2)c2ccccc21)OCc1ccccc1. The van der Waals surface area contributed by atoms with Crippen molar-refractivity contribution >= 4 is 52.4 Å². The zero-order valence-electron chi connectivity index (χ0n) is 15.8. The van der Waals surface area contributed by atoms with Gasteiger partial charge in [0.1, 0.15) is 13.2 Å². The number of ether oxygens (including phenoxy) is 1. The number of fused-ring (bicyclic) bond motifs is 1. The monoisotopic (exact) mass is 437 g/mol. The molecule has 150 valence electrons. The van der Waals surface area contributed by atoms with Gasteiger partial charge in [-0.25, -0.2) is 0 Å². The van der Waals surface area contributed by atoms with Gasteiger partial charge >= 0.3 is 5.97 Å². The molecule has 0 radical (unpaired) electrons. The first-order chi connectivity index (χ1) is 14.5. The van der Waals surface area contributed by atoms with Crippen LogP contribution in [0, 0.1) is 0 Å². The van der Waals surface area contributed by atoms with E-state index in [2.05, 4.69) is 0 Å². The van der Waals surface area contributed by atoms with E-state index in [-0.39, 0.29) is 19.1 Å². The van der Waals surface area contributed by atoms with E-state index in [1.807, 2.05) is 54.6 Å². The zero-order valence-corrected chi connectivity index (χ0v) is 17.4. The molecule has 0 saturated carbocycles. The van der Waals surface area contributed by atoms with E-state index in [9.17, 15) is 9.59 Å². The summed E-state index contributed by atoms with van der Waals surface area (Å²) < 4.78 is 5.35. The third kappa shape index (κ3) is 4.25. The van der Waals surface area contributed by atoms with Crippen molar-refractivity contribution in [1.82, 2.24) is 0 Å². The number of amides is 1. The molecule has 4 rings (SSSR count). The Morgan fingerprint density at radius 3 is 2.43 bits per heavy atom. The quantitative estimate of drug-likeness (QED) is 0.384. The number of halogens is 2. The van der Waals surface area contributed by atoms with Crippen LogP contribution < -0.4 is 4.90 Å². The minimum atomic E-state index is -0.474. The lowest BCUT2D eigenvalue weighted by atomic mass is 10.0. The second-order valence-electron chi connectivity index (χ2n) is 6.79. The van der Waals surface area contributed by atoms with Crippen LogP contribution in [0.1, 0.15) is 16.7 Å². The molecule has 1 aliphatic heterocycles. The second-order valence-corrected chi connectivity index (χ2v) is 7.60. The van der Waals surface area contributed by atoms with Crippen molar-refractivity contribution in [2.24, 2.45) is 0 Å². The lowest BCUT2D eigenvalue weighted by molar-refractivity contribution is -0.143. The predicted molar refractivity (Wildman–Crippen MR) is 119 cm³/mol. The number of rotatable bonds is 5. The lowest BCUT2D eigenvalue weighted by Gasteiger charge is -2.16. The van der Waals surface area contributed by atoms with Crippen molar-refractivity contribution in [3.05, 3.63) is 99.5 Å². The Morgan fingerprint density at radius 2 is 1.67 bits per heavy atom. The van der Waals surface area contributed by atoms with Gasteiger partial charge in [-0.15, -0.1) is 0 Å². The molecule has 0 fully saturated rings. The van der Waals surface area contributed by atoms with Gasteiger partial charge in [-0.2, -0.15) is 0 Å². The predicted octanol–water partition coefficient (Wildman–Crippen LogP) is 5.62. The summed E-state index contributed by atoms with van der Waals surface area (Å²) in [6, 6.07) is 21.9. The van der Waals surface area contributed by atoms with Crippen molar-refractivity contribution < 1.29 is 14.3 Å². The Bertz CT molecular complexity index is 1140. The topological polar surface area (TPSA) is 46.6 Å². The minimum Gasteiger partial charge on any atom is -0.459 e. The smallest absolute Gasteiger partial charge is 0.326 e. The fraction of sp³-hybridized carbons (Fsp3) is 0.0833. The molecule has 4 nitrogen and oxygen atoms in total. The summed E-state index contributed by atoms with van der Waals surface area (Å²) in [5, 5.41) is 0.853. The number of carbonyl (C=O) groups is 2. The molecule has 0 spiro atoms. The second kappa shape index (κ2) is 8.74. The van der Waals surface area contributed by atoms with Crippen molar-refractivity contribution in [3.8, 4) is 0 Å². The first-order valence-corrected chi connectivity index (χ1v) is 10.1. The van der Waals surface area contributed by atoms with Crippen molar-refractivity contribution in [2.75, 3.05) is 11.4 Å². The number of esters is 1. The largest absolute Gasteiger partial charge is 0.459 e. The fourth-order valence-electron chi connectivity index (χ4n) is 3.28. The number of nitrogens with zero attached hydrogens (tertiary/aromatic N) is 1. The minimum absolute atomic E-state index is 0.162. The van der Waals surface area contributed by atoms with E-state index in [0.717, 1.165) is 16.7 Å². The Kier molecular flexibility index (Phi) is 5.88. The zero-order chi connectivity index (χ0) is 21.1. The van der Waals surface area contributed by atoms with Crippen molar-refractivity contribution in [1.29, 1.82) is 0 Å². The molecule has 0 N–H and O–H groups in total. The van der Waals surface area contributed by atoms with Gasteiger partial charge in [0.2, 0.25) is 0 Å². The molecule has 6 heteroatoms. The number of carbonyl (C=O) groups excluding carboxylic acids is 2. The highest BCUT2D eigenvalue weighted by Gasteiger charge is 2.33. The van der Waals surface area contributed by atoms with Crippen molar-refractivity contribution in [3.63, 3.8) is 0 Å². The fourth-order valence-corrected chi connectivity index (χ4v) is 3.59. The summed E-state index contributed by atoms with van der Waals surface area (Å²) in [4.78, 5) is 27.0. The van der Waals surface area contributed by atoms with E-state index in [1.165, 1.54) is 4.90 Å². The van der Waals surface area contributed by atoms with E-state index in [1.54, 1.807) is 24.3 Å². The molecule has 0 atom stereocenters. The van der Waals surface area contributed by atoms with Gasteiger partial charge in [-0.05, 0) is 35.4 Å². The summed E-state index contributed by atoms with van der Waals surface area (Å²) in [6.45, 7) is -0.00326. The van der Waals surface area contributed by atoms with Crippen molar-refractivity contribution in [2.45, 2.75) is 6.61 Å². The average Bonchev–Trinajstić information content (AvgIpc) is 3.01. The standard InChI is InChI=1S/C24H17Cl2NO3/c25-20-11-10-17(13-21(20)26)12-19-18-8-4-5-9-22(18)27(24(19)29)14-23(28)30-15-16-6-2-1-3-7-16/h1-13H,14-15H2. The summed E-state index contributed by atoms with van der Waals surface area (Å²) in [7, 11) is 0. The Balaban J connectivity index is 1.56. The highest BCUT2D eigenvalue weighted by molar-refractivity contribution is 6.42. The highest BCUT2D eigenvalue weighted by Crippen LogP contribution is 2.38. The van der Waals surface area contributed by atoms with E-state index < -0.39 is 5.97 Å². The van der Waals surface area contributed by atoms with E-state index in [4.69, 9.17) is 27.9 Å². The van der Waals surface area contributed by atoms with Gasteiger partial charge in [0.25, 0.3) is 5.91 Å². The maximum atomic E-state index is 13.1. The summed E-state index contributed by atoms with van der Waals surface area (Å²) in [6.07, 6.45) is 1.75. The molecule has 1 aliphatic rings. The Morgan fingerprint density at radius 1 is 0.933 bits per heavy atom. The Labute approximate surface area is 184 Å². The molecule has 0 unspecified atom stereocenters. The van der Waals surface area contributed by atoms with E-state index >= 15 is 0 Å². The van der Waals surface area contributed by atoms with Gasteiger partial charge in [0, 0.05) is 11.1 Å². The number of para-hydroxylation sites is 1. The third-order valence-electron chi connectivity index (χ3n) is 4.75. The van der Waals surface area contributed by atoms with Gasteiger partial charge in [0.05, 0.1) is 15.7 Å². The molecule has 0 aromatic heterocycles. The maximum absolute atomic E-state index is 13.1. The Hall–Kier alpha value is -3.08. The highest BCUT2D eigenvalue weighted by atomic mass is 35.5. The van der Waals surface area contributed by atoms with Crippen LogP contribution >= 0.6 is 23.2 Å². The maximum Gasteiger partial charge on any atom is 0.326 e. The summed E-state index contributed by atoms with van der Waals surface area (Å²) in [5.41, 5.74) is 3.55. The number of anilines is 1. The normalized spacial score (nSPS) is 14.1. The van der Waals surface area contributed by atoms with Crippen LogP contribution in [0.15, 0.2) is 72.8 Å². The van der Waals surface area contributed by atoms with Crippen LogP contribution in [0.4, 0.5) is 5.69 Å². The molecular formula is C24H17Cl2NO3. The lowest BCUT2D eigenvalue weighted by Crippen LogP contribution is -2.33. The molecular weight excluding hydrogens is 421 g/mol. The van der Waals surface area contributed by atoms with Crippen LogP contribution in [0.3, 0.4) is 0 Å². The van der Waals surface area contributed by atoms with Crippen LogP contribution in [-0.2, 0) is 20.9 Å². The summed E-state index contributed by atoms with van der Waals surface area (Å²) >= 11 is 12.1. The van der Waals surface area contributed by atoms with E-state index in [0.29, 0.717) is 21.3 Å². The van der Waals surface area contributed by atoms with Crippen LogP contribution in [0.2, 0.25) is 10.0 Å². The molecule has 30 heavy (non-hydrogen) atoms. The molecule has 1 amide bonds. The van der Waals surface area contributed by atoms with Crippen LogP contribution in [0.25, 0.3) is 11.6 Å². The molecule has 0 bridgehead atoms. The van der Waals surface area contributed by atoms with Crippen LogP contribution in [-0.4, -0.2) is 18.4 Å².